The van der Waals surface area contributed by atoms with Gasteiger partial charge in [-0.15, -0.1) is 0 Å². The van der Waals surface area contributed by atoms with E-state index in [1.165, 1.54) is 23.7 Å². The van der Waals surface area contributed by atoms with Crippen molar-refractivity contribution in [1.82, 2.24) is 10.3 Å². The summed E-state index contributed by atoms with van der Waals surface area (Å²) in [6.07, 6.45) is 5.31. The van der Waals surface area contributed by atoms with Gasteiger partial charge in [-0.1, -0.05) is 54.6 Å². The summed E-state index contributed by atoms with van der Waals surface area (Å²) in [5.41, 5.74) is 1.49. The lowest BCUT2D eigenvalue weighted by Crippen LogP contribution is -2.46. The second-order valence-corrected chi connectivity index (χ2v) is 6.73. The first kappa shape index (κ1) is 15.1. The molecule has 1 N–H and O–H groups in total. The van der Waals surface area contributed by atoms with Crippen molar-refractivity contribution in [3.63, 3.8) is 0 Å². The summed E-state index contributed by atoms with van der Waals surface area (Å²) >= 11 is 1.48. The summed E-state index contributed by atoms with van der Waals surface area (Å²) in [6, 6.07) is 16.3. The number of aromatic nitrogens is 1. The predicted molar refractivity (Wildman–Crippen MR) is 89.9 cm³/mol. The van der Waals surface area contributed by atoms with E-state index < -0.39 is 0 Å². The third kappa shape index (κ3) is 3.50. The third-order valence-electron chi connectivity index (χ3n) is 4.31. The second kappa shape index (κ2) is 6.97. The second-order valence-electron chi connectivity index (χ2n) is 5.73. The lowest BCUT2D eigenvalue weighted by molar-refractivity contribution is -0.119. The number of hydrogen-bond acceptors (Lipinski definition) is 3. The third-order valence-corrected chi connectivity index (χ3v) is 5.25. The van der Waals surface area contributed by atoms with Crippen molar-refractivity contribution in [3.05, 3.63) is 60.3 Å². The van der Waals surface area contributed by atoms with Crippen molar-refractivity contribution in [1.29, 1.82) is 0 Å². The Balaban J connectivity index is 1.52. The summed E-state index contributed by atoms with van der Waals surface area (Å²) in [6.45, 7) is 0.735. The van der Waals surface area contributed by atoms with Gasteiger partial charge in [0.1, 0.15) is 0 Å². The zero-order valence-electron chi connectivity index (χ0n) is 12.5. The molecule has 1 aromatic carbocycles. The highest BCUT2D eigenvalue weighted by Gasteiger charge is 2.38. The number of carbonyl (C=O) groups is 1. The normalized spacial score (nSPS) is 15.8. The number of benzene rings is 1. The monoisotopic (exact) mass is 312 g/mol. The highest BCUT2D eigenvalue weighted by atomic mass is 32.2. The van der Waals surface area contributed by atoms with Crippen LogP contribution in [0.25, 0.3) is 0 Å². The van der Waals surface area contributed by atoms with Crippen LogP contribution in [0.3, 0.4) is 0 Å². The number of hydrogen-bond donors (Lipinski definition) is 1. The van der Waals surface area contributed by atoms with E-state index in [2.05, 4.69) is 34.6 Å². The maximum Gasteiger partial charge on any atom is 0.230 e. The molecule has 0 aliphatic heterocycles. The first-order valence-corrected chi connectivity index (χ1v) is 8.63. The molecule has 1 heterocycles. The fraction of sp³-hybridized carbons (Fsp3) is 0.333. The van der Waals surface area contributed by atoms with Crippen molar-refractivity contribution < 1.29 is 4.79 Å². The maximum atomic E-state index is 12.1. The molecule has 0 atom stereocenters. The molecule has 1 aromatic heterocycles. The van der Waals surface area contributed by atoms with Crippen LogP contribution in [0.4, 0.5) is 0 Å². The predicted octanol–water partition coefficient (Wildman–Crippen LogP) is 3.41. The molecule has 1 fully saturated rings. The first-order chi connectivity index (χ1) is 10.8. The van der Waals surface area contributed by atoms with E-state index in [1.807, 2.05) is 24.3 Å². The maximum absolute atomic E-state index is 12.1. The summed E-state index contributed by atoms with van der Waals surface area (Å²) in [5.74, 6) is 0.500. The van der Waals surface area contributed by atoms with Crippen LogP contribution in [-0.2, 0) is 10.2 Å². The van der Waals surface area contributed by atoms with Gasteiger partial charge in [0.15, 0.2) is 0 Å². The largest absolute Gasteiger partial charge is 0.354 e. The van der Waals surface area contributed by atoms with Crippen LogP contribution >= 0.6 is 11.8 Å². The highest BCUT2D eigenvalue weighted by Crippen LogP contribution is 2.43. The minimum Gasteiger partial charge on any atom is -0.354 e. The molecule has 1 saturated carbocycles. The number of thioether (sulfide) groups is 1. The fourth-order valence-corrected chi connectivity index (χ4v) is 3.54. The average molecular weight is 312 g/mol. The summed E-state index contributed by atoms with van der Waals surface area (Å²) in [7, 11) is 0. The number of nitrogens with zero attached hydrogens (tertiary/aromatic N) is 1. The summed E-state index contributed by atoms with van der Waals surface area (Å²) < 4.78 is 0. The Bertz CT molecular complexity index is 611. The van der Waals surface area contributed by atoms with E-state index in [0.717, 1.165) is 24.4 Å². The van der Waals surface area contributed by atoms with E-state index in [4.69, 9.17) is 0 Å². The van der Waals surface area contributed by atoms with E-state index in [1.54, 1.807) is 6.20 Å². The van der Waals surface area contributed by atoms with Crippen LogP contribution in [0.15, 0.2) is 59.8 Å². The van der Waals surface area contributed by atoms with Crippen LogP contribution < -0.4 is 5.32 Å². The molecule has 1 aliphatic carbocycles. The van der Waals surface area contributed by atoms with Gasteiger partial charge in [0.05, 0.1) is 10.8 Å². The SMILES string of the molecule is O=C(CSc1ccccn1)NCC1(c2ccccc2)CCC1. The minimum absolute atomic E-state index is 0.0814. The van der Waals surface area contributed by atoms with Gasteiger partial charge in [-0.2, -0.15) is 0 Å². The van der Waals surface area contributed by atoms with Crippen molar-refractivity contribution in [2.75, 3.05) is 12.3 Å². The molecule has 4 heteroatoms. The molecule has 0 unspecified atom stereocenters. The van der Waals surface area contributed by atoms with Crippen molar-refractivity contribution in [2.45, 2.75) is 29.7 Å². The van der Waals surface area contributed by atoms with Gasteiger partial charge in [0.2, 0.25) is 5.91 Å². The number of nitrogens with one attached hydrogen (secondary N) is 1. The van der Waals surface area contributed by atoms with Crippen LogP contribution in [0.5, 0.6) is 0 Å². The Labute approximate surface area is 135 Å². The first-order valence-electron chi connectivity index (χ1n) is 7.65. The topological polar surface area (TPSA) is 42.0 Å². The molecule has 3 nitrogen and oxygen atoms in total. The fourth-order valence-electron chi connectivity index (χ4n) is 2.85. The average Bonchev–Trinajstić information content (AvgIpc) is 2.54. The van der Waals surface area contributed by atoms with Gasteiger partial charge in [-0.3, -0.25) is 4.79 Å². The molecular weight excluding hydrogens is 292 g/mol. The number of amides is 1. The van der Waals surface area contributed by atoms with E-state index in [0.29, 0.717) is 5.75 Å². The van der Waals surface area contributed by atoms with E-state index in [-0.39, 0.29) is 11.3 Å². The molecular formula is C18H20N2OS. The highest BCUT2D eigenvalue weighted by molar-refractivity contribution is 7.99. The molecule has 3 rings (SSSR count). The van der Waals surface area contributed by atoms with Crippen molar-refractivity contribution in [3.8, 4) is 0 Å². The standard InChI is InChI=1S/C18H20N2OS/c21-16(13-22-17-9-4-5-12-19-17)20-14-18(10-6-11-18)15-7-2-1-3-8-15/h1-5,7-9,12H,6,10-11,13-14H2,(H,20,21). The minimum atomic E-state index is 0.0814. The van der Waals surface area contributed by atoms with E-state index >= 15 is 0 Å². The Kier molecular flexibility index (Phi) is 4.78. The molecule has 0 bridgehead atoms. The number of rotatable bonds is 6. The van der Waals surface area contributed by atoms with Gasteiger partial charge in [-0.05, 0) is 30.5 Å². The van der Waals surface area contributed by atoms with Gasteiger partial charge < -0.3 is 5.32 Å². The molecule has 0 saturated heterocycles. The Morgan fingerprint density at radius 3 is 2.55 bits per heavy atom. The van der Waals surface area contributed by atoms with Gasteiger partial charge in [0, 0.05) is 18.2 Å². The number of pyridine rings is 1. The van der Waals surface area contributed by atoms with Gasteiger partial charge in [-0.25, -0.2) is 4.98 Å². The molecule has 0 radical (unpaired) electrons. The van der Waals surface area contributed by atoms with Crippen LogP contribution in [0.2, 0.25) is 0 Å². The van der Waals surface area contributed by atoms with Crippen LogP contribution in [0.1, 0.15) is 24.8 Å². The summed E-state index contributed by atoms with van der Waals surface area (Å²) in [5, 5.41) is 3.99. The Morgan fingerprint density at radius 1 is 1.14 bits per heavy atom. The molecule has 1 aliphatic rings. The summed E-state index contributed by atoms with van der Waals surface area (Å²) in [4.78, 5) is 16.3. The lowest BCUT2D eigenvalue weighted by Gasteiger charge is -2.42. The molecule has 2 aromatic rings. The molecule has 0 spiro atoms. The van der Waals surface area contributed by atoms with E-state index in [9.17, 15) is 4.79 Å². The smallest absolute Gasteiger partial charge is 0.230 e. The molecule has 114 valence electrons. The lowest BCUT2D eigenvalue weighted by atomic mass is 9.64. The quantitative estimate of drug-likeness (QED) is 0.831. The van der Waals surface area contributed by atoms with Crippen molar-refractivity contribution in [2.24, 2.45) is 0 Å². The zero-order chi connectivity index (χ0) is 15.3. The van der Waals surface area contributed by atoms with Gasteiger partial charge >= 0.3 is 0 Å². The van der Waals surface area contributed by atoms with Crippen molar-refractivity contribution >= 4 is 17.7 Å². The Morgan fingerprint density at radius 2 is 1.91 bits per heavy atom. The zero-order valence-corrected chi connectivity index (χ0v) is 13.3. The number of carbonyl (C=O) groups excluding carboxylic acids is 1. The van der Waals surface area contributed by atoms with Crippen LogP contribution in [0, 0.1) is 0 Å². The Hall–Kier alpha value is -1.81. The van der Waals surface area contributed by atoms with Gasteiger partial charge in [0.25, 0.3) is 0 Å². The van der Waals surface area contributed by atoms with Crippen LogP contribution in [-0.4, -0.2) is 23.2 Å². The molecule has 22 heavy (non-hydrogen) atoms. The molecule has 1 amide bonds.